The zero-order valence-electron chi connectivity index (χ0n) is 24.7. The molecule has 2 heterocycles. The highest BCUT2D eigenvalue weighted by Gasteiger charge is 2.19. The van der Waals surface area contributed by atoms with Crippen LogP contribution in [0.25, 0.3) is 43.7 Å². The molecule has 12 heteroatoms. The van der Waals surface area contributed by atoms with E-state index >= 15 is 0 Å². The molecule has 0 radical (unpaired) electrons. The Bertz CT molecular complexity index is 2010. The highest BCUT2D eigenvalue weighted by atomic mass is 35.5. The molecule has 0 fully saturated rings. The number of phenols is 1. The van der Waals surface area contributed by atoms with Crippen LogP contribution in [0.15, 0.2) is 97.1 Å². The lowest BCUT2D eigenvalue weighted by Crippen LogP contribution is -1.99. The summed E-state index contributed by atoms with van der Waals surface area (Å²) < 4.78 is 5.16. The van der Waals surface area contributed by atoms with Crippen molar-refractivity contribution in [1.29, 1.82) is 0 Å². The quantitative estimate of drug-likeness (QED) is 0.136. The average Bonchev–Trinajstić information content (AvgIpc) is 3.66. The lowest BCUT2D eigenvalue weighted by molar-refractivity contribution is -0.137. The maximum atomic E-state index is 11.2. The number of carboxylic acids is 2. The van der Waals surface area contributed by atoms with E-state index in [0.717, 1.165) is 33.0 Å². The van der Waals surface area contributed by atoms with Gasteiger partial charge in [0.2, 0.25) is 0 Å². The second kappa shape index (κ2) is 15.2. The molecule has 6 aromatic rings. The topological polar surface area (TPSA) is 130 Å². The summed E-state index contributed by atoms with van der Waals surface area (Å²) in [7, 11) is 1.61. The number of methoxy groups -OCH3 is 1. The minimum absolute atomic E-state index is 0.0889. The number of thiazole rings is 2. The second-order valence-corrected chi connectivity index (χ2v) is 13.0. The Labute approximate surface area is 288 Å². The van der Waals surface area contributed by atoms with Crippen molar-refractivity contribution >= 4 is 57.8 Å². The van der Waals surface area contributed by atoms with Crippen molar-refractivity contribution in [3.8, 4) is 55.2 Å². The number of hydrogen-bond donors (Lipinski definition) is 3. The first-order valence-electron chi connectivity index (χ1n) is 14.0. The number of aliphatic carboxylic acids is 2. The van der Waals surface area contributed by atoms with Gasteiger partial charge in [-0.25, -0.2) is 9.97 Å². The molecule has 0 amide bonds. The number of ether oxygens (including phenoxy) is 1. The summed E-state index contributed by atoms with van der Waals surface area (Å²) >= 11 is 14.9. The van der Waals surface area contributed by atoms with Gasteiger partial charge in [-0.2, -0.15) is 0 Å². The molecule has 0 aliphatic carbocycles. The van der Waals surface area contributed by atoms with E-state index in [1.807, 2.05) is 54.6 Å². The lowest BCUT2D eigenvalue weighted by atomic mass is 10.1. The molecule has 8 nitrogen and oxygen atoms in total. The van der Waals surface area contributed by atoms with E-state index in [-0.39, 0.29) is 18.6 Å². The molecule has 0 bridgehead atoms. The number of aromatic hydroxyl groups is 1. The Kier molecular flexibility index (Phi) is 10.9. The van der Waals surface area contributed by atoms with E-state index in [1.165, 1.54) is 22.7 Å². The molecule has 0 aliphatic heterocycles. The fourth-order valence-corrected chi connectivity index (χ4v) is 7.00. The van der Waals surface area contributed by atoms with Crippen LogP contribution in [0.3, 0.4) is 0 Å². The smallest absolute Gasteiger partial charge is 0.308 e. The summed E-state index contributed by atoms with van der Waals surface area (Å²) in [6.45, 7) is 0. The number of carboxylic acid groups (broad SMARTS) is 2. The molecule has 47 heavy (non-hydrogen) atoms. The number of nitrogens with zero attached hydrogens (tertiary/aromatic N) is 2. The summed E-state index contributed by atoms with van der Waals surface area (Å²) in [5.74, 6) is -0.865. The predicted molar refractivity (Wildman–Crippen MR) is 187 cm³/mol. The van der Waals surface area contributed by atoms with Gasteiger partial charge in [-0.1, -0.05) is 53.5 Å². The summed E-state index contributed by atoms with van der Waals surface area (Å²) in [4.78, 5) is 32.9. The van der Waals surface area contributed by atoms with Gasteiger partial charge < -0.3 is 20.1 Å². The van der Waals surface area contributed by atoms with Crippen molar-refractivity contribution in [3.63, 3.8) is 0 Å². The number of halogens is 2. The van der Waals surface area contributed by atoms with Gasteiger partial charge in [0, 0.05) is 42.1 Å². The van der Waals surface area contributed by atoms with Gasteiger partial charge >= 0.3 is 11.9 Å². The molecule has 6 rings (SSSR count). The zero-order chi connectivity index (χ0) is 33.5. The Hall–Kier alpha value is -4.74. The van der Waals surface area contributed by atoms with Gasteiger partial charge in [-0.15, -0.1) is 22.7 Å². The standard InChI is InChI=1S/C18H14ClNO3S.C17H12ClNO3S/c1-23-12-8-6-11(7-9-12)18-20-17(15(24-18)10-16(21)22)13-4-2-3-5-14(13)19;18-12-5-1-10(2-6-12)16-14(9-15(21)22)23-17(19-16)11-3-7-13(20)8-4-11/h2-9H,10H2,1H3,(H,21,22);1-8,20H,9H2,(H,21,22). The molecule has 3 N–H and O–H groups in total. The van der Waals surface area contributed by atoms with Crippen molar-refractivity contribution < 1.29 is 29.6 Å². The van der Waals surface area contributed by atoms with Crippen molar-refractivity contribution in [2.24, 2.45) is 0 Å². The molecule has 0 saturated heterocycles. The average molecular weight is 706 g/mol. The number of phenolic OH excluding ortho intramolecular Hbond substituents is 1. The van der Waals surface area contributed by atoms with Gasteiger partial charge in [-0.05, 0) is 66.7 Å². The molecular formula is C35H26Cl2N2O6S2. The second-order valence-electron chi connectivity index (χ2n) is 9.98. The molecule has 238 valence electrons. The Morgan fingerprint density at radius 3 is 1.70 bits per heavy atom. The summed E-state index contributed by atoms with van der Waals surface area (Å²) in [5, 5.41) is 30.3. The molecule has 0 unspecified atom stereocenters. The third-order valence-electron chi connectivity index (χ3n) is 6.72. The number of carbonyl (C=O) groups is 2. The number of aromatic nitrogens is 2. The number of hydrogen-bond acceptors (Lipinski definition) is 8. The minimum atomic E-state index is -0.902. The van der Waals surface area contributed by atoms with E-state index < -0.39 is 11.9 Å². The van der Waals surface area contributed by atoms with Crippen LogP contribution in [0.5, 0.6) is 11.5 Å². The third kappa shape index (κ3) is 8.55. The molecule has 0 atom stereocenters. The van der Waals surface area contributed by atoms with Crippen LogP contribution in [-0.2, 0) is 22.4 Å². The Morgan fingerprint density at radius 2 is 1.17 bits per heavy atom. The molecule has 0 aliphatic rings. The fraction of sp³-hybridized carbons (Fsp3) is 0.0857. The van der Waals surface area contributed by atoms with Crippen LogP contribution in [0.2, 0.25) is 10.0 Å². The zero-order valence-corrected chi connectivity index (χ0v) is 27.8. The normalized spacial score (nSPS) is 10.6. The number of benzene rings is 4. The van der Waals surface area contributed by atoms with Crippen LogP contribution in [0, 0.1) is 0 Å². The monoisotopic (exact) mass is 704 g/mol. The first kappa shape index (κ1) is 33.6. The van der Waals surface area contributed by atoms with E-state index in [9.17, 15) is 19.8 Å². The highest BCUT2D eigenvalue weighted by molar-refractivity contribution is 7.16. The minimum Gasteiger partial charge on any atom is -0.508 e. The van der Waals surface area contributed by atoms with Crippen LogP contribution in [0.4, 0.5) is 0 Å². The van der Waals surface area contributed by atoms with E-state index in [0.29, 0.717) is 36.2 Å². The van der Waals surface area contributed by atoms with Crippen LogP contribution in [-0.4, -0.2) is 44.3 Å². The van der Waals surface area contributed by atoms with Crippen LogP contribution >= 0.6 is 45.9 Å². The molecule has 2 aromatic heterocycles. The Balaban J connectivity index is 0.000000185. The maximum absolute atomic E-state index is 11.2. The van der Waals surface area contributed by atoms with Gasteiger partial charge in [0.15, 0.2) is 0 Å². The summed E-state index contributed by atoms with van der Waals surface area (Å²) in [6, 6.07) is 28.6. The number of rotatable bonds is 9. The van der Waals surface area contributed by atoms with E-state index in [2.05, 4.69) is 9.97 Å². The van der Waals surface area contributed by atoms with Crippen molar-refractivity contribution in [3.05, 3.63) is 117 Å². The third-order valence-corrected chi connectivity index (χ3v) is 9.51. The molecular weight excluding hydrogens is 679 g/mol. The molecule has 0 saturated carbocycles. The largest absolute Gasteiger partial charge is 0.508 e. The Morgan fingerprint density at radius 1 is 0.681 bits per heavy atom. The fourth-order valence-electron chi connectivity index (χ4n) is 4.50. The summed E-state index contributed by atoms with van der Waals surface area (Å²) in [6.07, 6.45) is -0.178. The van der Waals surface area contributed by atoms with Gasteiger partial charge in [0.1, 0.15) is 21.5 Å². The van der Waals surface area contributed by atoms with Crippen molar-refractivity contribution in [1.82, 2.24) is 9.97 Å². The first-order chi connectivity index (χ1) is 22.6. The van der Waals surface area contributed by atoms with Crippen molar-refractivity contribution in [2.75, 3.05) is 7.11 Å². The van der Waals surface area contributed by atoms with Crippen LogP contribution in [0.1, 0.15) is 9.75 Å². The van der Waals surface area contributed by atoms with Crippen molar-refractivity contribution in [2.45, 2.75) is 12.8 Å². The molecule has 4 aromatic carbocycles. The van der Waals surface area contributed by atoms with Gasteiger partial charge in [-0.3, -0.25) is 9.59 Å². The highest BCUT2D eigenvalue weighted by Crippen LogP contribution is 2.38. The summed E-state index contributed by atoms with van der Waals surface area (Å²) in [5.41, 5.74) is 4.58. The lowest BCUT2D eigenvalue weighted by Gasteiger charge is -2.02. The van der Waals surface area contributed by atoms with Gasteiger partial charge in [0.25, 0.3) is 0 Å². The van der Waals surface area contributed by atoms with E-state index in [1.54, 1.807) is 49.6 Å². The maximum Gasteiger partial charge on any atom is 0.308 e. The molecule has 0 spiro atoms. The van der Waals surface area contributed by atoms with Crippen LogP contribution < -0.4 is 4.74 Å². The SMILES string of the molecule is COc1ccc(-c2nc(-c3ccccc3Cl)c(CC(=O)O)s2)cc1.O=C(O)Cc1sc(-c2ccc(O)cc2)nc1-c1ccc(Cl)cc1. The first-order valence-corrected chi connectivity index (χ1v) is 16.4. The predicted octanol–water partition coefficient (Wildman–Crippen LogP) is 9.23. The van der Waals surface area contributed by atoms with Gasteiger partial charge in [0.05, 0.1) is 31.3 Å². The van der Waals surface area contributed by atoms with E-state index in [4.69, 9.17) is 33.0 Å².